The molecule has 0 spiro atoms. The molecule has 1 atom stereocenters. The van der Waals surface area contributed by atoms with Crippen molar-refractivity contribution in [3.63, 3.8) is 0 Å². The molecule has 0 aromatic carbocycles. The Hall–Kier alpha value is 0.676. The third-order valence-electron chi connectivity index (χ3n) is 7.61. The summed E-state index contributed by atoms with van der Waals surface area (Å²) in [5, 5.41) is 10.4. The second-order valence-electron chi connectivity index (χ2n) is 11.3. The van der Waals surface area contributed by atoms with Crippen molar-refractivity contribution in [1.82, 2.24) is 0 Å². The van der Waals surface area contributed by atoms with Crippen LogP contribution in [0.2, 0.25) is 31.4 Å². The van der Waals surface area contributed by atoms with E-state index < -0.39 is 26.7 Å². The zero-order chi connectivity index (χ0) is 24.0. The van der Waals surface area contributed by atoms with Crippen LogP contribution in [0.1, 0.15) is 113 Å². The first kappa shape index (κ1) is 31.7. The number of aliphatic hydroxyl groups is 1. The maximum absolute atomic E-state index is 10.2. The fraction of sp³-hybridized carbons (Fsp3) is 0.926. The Balaban J connectivity index is 6.33. The van der Waals surface area contributed by atoms with Gasteiger partial charge in [-0.15, -0.1) is 0 Å². The van der Waals surface area contributed by atoms with Gasteiger partial charge in [0, 0.05) is 0 Å². The number of rotatable bonds is 18. The molecule has 186 valence electrons. The molecule has 0 radical (unpaired) electrons. The number of hydrogen-bond donors (Lipinski definition) is 1. The SMILES string of the molecule is CCCCCC(O[Si](C)(C)C(C)(C)C)/[C](=C\CO)[Sn]([CH2]CCC)([CH2]CCC)[CH2]CCC. The summed E-state index contributed by atoms with van der Waals surface area (Å²) in [4.78, 5) is 0. The summed E-state index contributed by atoms with van der Waals surface area (Å²) in [7, 11) is -1.88. The number of hydrogen-bond acceptors (Lipinski definition) is 2. The average molecular weight is 562 g/mol. The van der Waals surface area contributed by atoms with E-state index in [-0.39, 0.29) is 17.7 Å². The quantitative estimate of drug-likeness (QED) is 0.134. The van der Waals surface area contributed by atoms with Gasteiger partial charge in [0.25, 0.3) is 0 Å². The summed E-state index contributed by atoms with van der Waals surface area (Å²) in [5.41, 5.74) is 0. The van der Waals surface area contributed by atoms with E-state index in [1.165, 1.54) is 71.1 Å². The van der Waals surface area contributed by atoms with E-state index in [1.807, 2.05) is 0 Å². The van der Waals surface area contributed by atoms with Crippen LogP contribution in [0.4, 0.5) is 0 Å². The van der Waals surface area contributed by atoms with E-state index >= 15 is 0 Å². The third kappa shape index (κ3) is 11.1. The minimum absolute atomic E-state index is 0.184. The van der Waals surface area contributed by atoms with Crippen LogP contribution in [0.25, 0.3) is 0 Å². The van der Waals surface area contributed by atoms with Crippen LogP contribution >= 0.6 is 0 Å². The van der Waals surface area contributed by atoms with Gasteiger partial charge in [-0.05, 0) is 0 Å². The molecule has 0 aromatic heterocycles. The molecule has 0 aliphatic heterocycles. The molecule has 0 amide bonds. The Morgan fingerprint density at radius 2 is 1.29 bits per heavy atom. The van der Waals surface area contributed by atoms with Crippen LogP contribution in [-0.2, 0) is 4.43 Å². The van der Waals surface area contributed by atoms with Gasteiger partial charge in [-0.2, -0.15) is 0 Å². The monoisotopic (exact) mass is 562 g/mol. The predicted octanol–water partition coefficient (Wildman–Crippen LogP) is 9.26. The van der Waals surface area contributed by atoms with Crippen LogP contribution in [0, 0.1) is 0 Å². The molecule has 2 nitrogen and oxygen atoms in total. The van der Waals surface area contributed by atoms with E-state index in [4.69, 9.17) is 4.43 Å². The van der Waals surface area contributed by atoms with Gasteiger partial charge >= 0.3 is 203 Å². The summed E-state index contributed by atoms with van der Waals surface area (Å²) in [6.45, 7) is 21.4. The normalized spacial score (nSPS) is 14.8. The standard InChI is InChI=1S/C15H31O2Si.3C4H9.Sn/c1-7-8-9-11-14(12-10-13-16)17-18(5,6)15(2,3)4;3*1-3-4-2;/h10,14,16H,7-9,11,13H2,1-6H3;3*1,3-4H2,2H3;. The van der Waals surface area contributed by atoms with Crippen molar-refractivity contribution in [3.8, 4) is 0 Å². The van der Waals surface area contributed by atoms with Gasteiger partial charge in [0.1, 0.15) is 0 Å². The molecule has 31 heavy (non-hydrogen) atoms. The van der Waals surface area contributed by atoms with E-state index in [0.717, 1.165) is 6.42 Å². The molecule has 1 N–H and O–H groups in total. The zero-order valence-electron chi connectivity index (χ0n) is 22.9. The average Bonchev–Trinajstić information content (AvgIpc) is 2.70. The zero-order valence-corrected chi connectivity index (χ0v) is 26.8. The molecule has 0 aliphatic carbocycles. The van der Waals surface area contributed by atoms with Crippen LogP contribution in [0.3, 0.4) is 0 Å². The first-order valence-corrected chi connectivity index (χ1v) is 23.9. The summed E-state index contributed by atoms with van der Waals surface area (Å²) >= 11 is -2.65. The molecule has 0 bridgehead atoms. The molecule has 4 heteroatoms. The fourth-order valence-electron chi connectivity index (χ4n) is 4.53. The fourth-order valence-corrected chi connectivity index (χ4v) is 23.6. The van der Waals surface area contributed by atoms with Crippen molar-refractivity contribution in [3.05, 3.63) is 9.67 Å². The van der Waals surface area contributed by atoms with Crippen molar-refractivity contribution in [2.24, 2.45) is 0 Å². The van der Waals surface area contributed by atoms with Crippen molar-refractivity contribution >= 4 is 26.7 Å². The number of aliphatic hydroxyl groups excluding tert-OH is 1. The molecule has 1 unspecified atom stereocenters. The second kappa shape index (κ2) is 16.3. The summed E-state index contributed by atoms with van der Waals surface area (Å²) in [6.07, 6.45) is 15.4. The van der Waals surface area contributed by atoms with Gasteiger partial charge in [0.2, 0.25) is 0 Å². The molecule has 0 aliphatic rings. The van der Waals surface area contributed by atoms with Gasteiger partial charge in [0.05, 0.1) is 0 Å². The molecular formula is C27H58O2SiSn. The minimum atomic E-state index is -2.65. The van der Waals surface area contributed by atoms with Crippen LogP contribution in [-0.4, -0.2) is 44.5 Å². The van der Waals surface area contributed by atoms with E-state index in [1.54, 1.807) is 3.59 Å². The summed E-state index contributed by atoms with van der Waals surface area (Å²) < 4.78 is 13.2. The van der Waals surface area contributed by atoms with Crippen molar-refractivity contribution in [1.29, 1.82) is 0 Å². The topological polar surface area (TPSA) is 29.5 Å². The Labute approximate surface area is 202 Å². The predicted molar refractivity (Wildman–Crippen MR) is 146 cm³/mol. The van der Waals surface area contributed by atoms with Crippen molar-refractivity contribution < 1.29 is 9.53 Å². The first-order valence-electron chi connectivity index (χ1n) is 13.5. The Bertz CT molecular complexity index is 460. The Kier molecular flexibility index (Phi) is 16.7. The van der Waals surface area contributed by atoms with E-state index in [2.05, 4.69) is 67.6 Å². The van der Waals surface area contributed by atoms with Gasteiger partial charge in [-0.1, -0.05) is 0 Å². The summed E-state index contributed by atoms with van der Waals surface area (Å²) in [6, 6.07) is 0. The van der Waals surface area contributed by atoms with Crippen molar-refractivity contribution in [2.45, 2.75) is 150 Å². The van der Waals surface area contributed by atoms with E-state index in [9.17, 15) is 5.11 Å². The molecular weight excluding hydrogens is 503 g/mol. The Morgan fingerprint density at radius 3 is 1.65 bits per heavy atom. The molecule has 0 saturated heterocycles. The molecule has 0 fully saturated rings. The van der Waals surface area contributed by atoms with Gasteiger partial charge in [-0.25, -0.2) is 0 Å². The molecule has 0 saturated carbocycles. The third-order valence-corrected chi connectivity index (χ3v) is 28.3. The van der Waals surface area contributed by atoms with Crippen LogP contribution in [0.5, 0.6) is 0 Å². The van der Waals surface area contributed by atoms with Crippen LogP contribution in [0.15, 0.2) is 9.67 Å². The van der Waals surface area contributed by atoms with Gasteiger partial charge in [0.15, 0.2) is 0 Å². The second-order valence-corrected chi connectivity index (χ2v) is 29.3. The summed E-state index contributed by atoms with van der Waals surface area (Å²) in [5.74, 6) is 0. The van der Waals surface area contributed by atoms with E-state index in [0.29, 0.717) is 0 Å². The Morgan fingerprint density at radius 1 is 0.839 bits per heavy atom. The maximum atomic E-state index is 10.2. The van der Waals surface area contributed by atoms with Crippen LogP contribution < -0.4 is 0 Å². The van der Waals surface area contributed by atoms with Gasteiger partial charge < -0.3 is 0 Å². The molecule has 0 heterocycles. The van der Waals surface area contributed by atoms with Gasteiger partial charge in [-0.3, -0.25) is 0 Å². The molecule has 0 rings (SSSR count). The van der Waals surface area contributed by atoms with Crippen molar-refractivity contribution in [2.75, 3.05) is 6.61 Å². The molecule has 0 aromatic rings. The number of unbranched alkanes of at least 4 members (excludes halogenated alkanes) is 5. The first-order chi connectivity index (χ1) is 14.5.